The van der Waals surface area contributed by atoms with E-state index < -0.39 is 0 Å². The molecule has 0 spiro atoms. The fourth-order valence-electron chi connectivity index (χ4n) is 1.92. The van der Waals surface area contributed by atoms with Gasteiger partial charge in [-0.3, -0.25) is 0 Å². The van der Waals surface area contributed by atoms with Gasteiger partial charge in [0.1, 0.15) is 5.82 Å². The van der Waals surface area contributed by atoms with Gasteiger partial charge in [0.05, 0.1) is 0 Å². The van der Waals surface area contributed by atoms with Crippen LogP contribution in [0, 0.1) is 12.7 Å². The van der Waals surface area contributed by atoms with Gasteiger partial charge in [0.2, 0.25) is 0 Å². The fourth-order valence-corrected chi connectivity index (χ4v) is 1.92. The van der Waals surface area contributed by atoms with Crippen LogP contribution in [0.3, 0.4) is 0 Å². The van der Waals surface area contributed by atoms with Crippen molar-refractivity contribution in [3.63, 3.8) is 0 Å². The van der Waals surface area contributed by atoms with Crippen LogP contribution < -0.4 is 0 Å². The lowest BCUT2D eigenvalue weighted by atomic mass is 9.94. The lowest BCUT2D eigenvalue weighted by Gasteiger charge is -2.12. The highest BCUT2D eigenvalue weighted by atomic mass is 19.1. The maximum Gasteiger partial charge on any atom is 0.123 e. The smallest absolute Gasteiger partial charge is 0.123 e. The molecule has 0 aliphatic heterocycles. The molecule has 0 bridgehead atoms. The van der Waals surface area contributed by atoms with Crippen LogP contribution in [0.1, 0.15) is 56.6 Å². The monoisotopic (exact) mass is 208 g/mol. The Morgan fingerprint density at radius 1 is 1.20 bits per heavy atom. The van der Waals surface area contributed by atoms with Gasteiger partial charge < -0.3 is 0 Å². The average Bonchev–Trinajstić information content (AvgIpc) is 2.16. The molecule has 0 fully saturated rings. The second-order valence-electron chi connectivity index (χ2n) is 4.46. The number of hydrogen-bond donors (Lipinski definition) is 0. The van der Waals surface area contributed by atoms with E-state index in [2.05, 4.69) is 19.9 Å². The second kappa shape index (κ2) is 5.89. The van der Waals surface area contributed by atoms with E-state index in [1.54, 1.807) is 12.1 Å². The summed E-state index contributed by atoms with van der Waals surface area (Å²) in [6, 6.07) is 5.35. The van der Waals surface area contributed by atoms with Crippen molar-refractivity contribution in [2.45, 2.75) is 52.4 Å². The summed E-state index contributed by atoms with van der Waals surface area (Å²) in [7, 11) is 0. The first-order valence-corrected chi connectivity index (χ1v) is 5.90. The SMILES string of the molecule is CCCCCC(C)c1cc(C)cc(F)c1. The molecule has 1 atom stereocenters. The van der Waals surface area contributed by atoms with Crippen LogP contribution >= 0.6 is 0 Å². The second-order valence-corrected chi connectivity index (χ2v) is 4.46. The lowest BCUT2D eigenvalue weighted by Crippen LogP contribution is -1.95. The largest absolute Gasteiger partial charge is 0.207 e. The van der Waals surface area contributed by atoms with E-state index in [0.29, 0.717) is 5.92 Å². The van der Waals surface area contributed by atoms with Crippen LogP contribution in [0.4, 0.5) is 4.39 Å². The predicted molar refractivity (Wildman–Crippen MR) is 63.7 cm³/mol. The van der Waals surface area contributed by atoms with E-state index in [0.717, 1.165) is 17.5 Å². The molecular weight excluding hydrogens is 187 g/mol. The van der Waals surface area contributed by atoms with Crippen LogP contribution in [0.25, 0.3) is 0 Å². The zero-order valence-electron chi connectivity index (χ0n) is 10.0. The summed E-state index contributed by atoms with van der Waals surface area (Å²) in [6.45, 7) is 6.34. The Hall–Kier alpha value is -0.850. The zero-order valence-corrected chi connectivity index (χ0v) is 10.0. The van der Waals surface area contributed by atoms with Gasteiger partial charge in [-0.25, -0.2) is 4.39 Å². The summed E-state index contributed by atoms with van der Waals surface area (Å²) in [6.07, 6.45) is 4.93. The molecule has 15 heavy (non-hydrogen) atoms. The zero-order chi connectivity index (χ0) is 11.3. The Balaban J connectivity index is 2.60. The van der Waals surface area contributed by atoms with Crippen molar-refractivity contribution in [3.05, 3.63) is 35.1 Å². The third kappa shape index (κ3) is 4.03. The Morgan fingerprint density at radius 2 is 1.93 bits per heavy atom. The van der Waals surface area contributed by atoms with Gasteiger partial charge in [-0.05, 0) is 42.5 Å². The highest BCUT2D eigenvalue weighted by molar-refractivity contribution is 5.26. The minimum Gasteiger partial charge on any atom is -0.207 e. The minimum absolute atomic E-state index is 0.104. The lowest BCUT2D eigenvalue weighted by molar-refractivity contribution is 0.586. The number of benzene rings is 1. The van der Waals surface area contributed by atoms with Crippen molar-refractivity contribution in [2.75, 3.05) is 0 Å². The van der Waals surface area contributed by atoms with Crippen molar-refractivity contribution in [1.82, 2.24) is 0 Å². The van der Waals surface area contributed by atoms with E-state index in [4.69, 9.17) is 0 Å². The summed E-state index contributed by atoms with van der Waals surface area (Å²) < 4.78 is 13.2. The van der Waals surface area contributed by atoms with Gasteiger partial charge in [-0.1, -0.05) is 39.2 Å². The summed E-state index contributed by atoms with van der Waals surface area (Å²) in [5.74, 6) is 0.373. The van der Waals surface area contributed by atoms with Crippen LogP contribution in [-0.2, 0) is 0 Å². The van der Waals surface area contributed by atoms with Gasteiger partial charge in [0.25, 0.3) is 0 Å². The van der Waals surface area contributed by atoms with Gasteiger partial charge in [-0.2, -0.15) is 0 Å². The van der Waals surface area contributed by atoms with E-state index in [1.807, 2.05) is 6.92 Å². The first-order chi connectivity index (χ1) is 7.13. The normalized spacial score (nSPS) is 12.8. The summed E-state index contributed by atoms with van der Waals surface area (Å²) in [5, 5.41) is 0. The molecule has 0 saturated heterocycles. The molecular formula is C14H21F. The number of aryl methyl sites for hydroxylation is 1. The van der Waals surface area contributed by atoms with Crippen molar-refractivity contribution in [3.8, 4) is 0 Å². The van der Waals surface area contributed by atoms with Gasteiger partial charge >= 0.3 is 0 Å². The minimum atomic E-state index is -0.104. The van der Waals surface area contributed by atoms with Crippen LogP contribution in [0.15, 0.2) is 18.2 Å². The first-order valence-electron chi connectivity index (χ1n) is 5.90. The number of unbranched alkanes of at least 4 members (excludes halogenated alkanes) is 2. The van der Waals surface area contributed by atoms with Crippen LogP contribution in [0.2, 0.25) is 0 Å². The molecule has 0 nitrogen and oxygen atoms in total. The number of hydrogen-bond acceptors (Lipinski definition) is 0. The fraction of sp³-hybridized carbons (Fsp3) is 0.571. The standard InChI is InChI=1S/C14H21F/c1-4-5-6-7-12(3)13-8-11(2)9-14(15)10-13/h8-10,12H,4-7H2,1-3H3. The third-order valence-electron chi connectivity index (χ3n) is 2.87. The molecule has 0 N–H and O–H groups in total. The molecule has 0 heterocycles. The van der Waals surface area contributed by atoms with Crippen LogP contribution in [-0.4, -0.2) is 0 Å². The van der Waals surface area contributed by atoms with Gasteiger partial charge in [0, 0.05) is 0 Å². The van der Waals surface area contributed by atoms with Gasteiger partial charge in [-0.15, -0.1) is 0 Å². The molecule has 0 aliphatic carbocycles. The summed E-state index contributed by atoms with van der Waals surface area (Å²) >= 11 is 0. The number of halogens is 1. The average molecular weight is 208 g/mol. The van der Waals surface area contributed by atoms with Crippen molar-refractivity contribution >= 4 is 0 Å². The Labute approximate surface area is 92.5 Å². The maximum atomic E-state index is 13.2. The molecule has 0 aliphatic rings. The molecule has 1 unspecified atom stereocenters. The molecule has 1 rings (SSSR count). The molecule has 0 aromatic heterocycles. The van der Waals surface area contributed by atoms with E-state index in [-0.39, 0.29) is 5.82 Å². The van der Waals surface area contributed by atoms with Crippen LogP contribution in [0.5, 0.6) is 0 Å². The quantitative estimate of drug-likeness (QED) is 0.609. The summed E-state index contributed by atoms with van der Waals surface area (Å²) in [5.41, 5.74) is 2.16. The molecule has 1 heteroatoms. The Bertz CT molecular complexity index is 284. The molecule has 1 aromatic carbocycles. The highest BCUT2D eigenvalue weighted by Gasteiger charge is 2.06. The van der Waals surface area contributed by atoms with E-state index in [9.17, 15) is 4.39 Å². The molecule has 84 valence electrons. The van der Waals surface area contributed by atoms with Crippen molar-refractivity contribution in [1.29, 1.82) is 0 Å². The molecule has 0 radical (unpaired) electrons. The Kier molecular flexibility index (Phi) is 4.80. The first kappa shape index (κ1) is 12.2. The Morgan fingerprint density at radius 3 is 2.53 bits per heavy atom. The van der Waals surface area contributed by atoms with Crippen molar-refractivity contribution < 1.29 is 4.39 Å². The van der Waals surface area contributed by atoms with Gasteiger partial charge in [0.15, 0.2) is 0 Å². The maximum absolute atomic E-state index is 13.2. The molecule has 0 amide bonds. The van der Waals surface area contributed by atoms with E-state index >= 15 is 0 Å². The third-order valence-corrected chi connectivity index (χ3v) is 2.87. The molecule has 0 saturated carbocycles. The van der Waals surface area contributed by atoms with Crippen molar-refractivity contribution in [2.24, 2.45) is 0 Å². The number of rotatable bonds is 5. The summed E-state index contributed by atoms with van der Waals surface area (Å²) in [4.78, 5) is 0. The molecule has 1 aromatic rings. The highest BCUT2D eigenvalue weighted by Crippen LogP contribution is 2.23. The topological polar surface area (TPSA) is 0 Å². The predicted octanol–water partition coefficient (Wildman–Crippen LogP) is 4.82. The van der Waals surface area contributed by atoms with E-state index in [1.165, 1.54) is 19.3 Å².